The minimum absolute atomic E-state index is 0.0602. The normalized spacial score (nSPS) is 13.9. The molecule has 4 N–H and O–H groups in total. The van der Waals surface area contributed by atoms with Crippen LogP contribution in [-0.4, -0.2) is 30.4 Å². The molecule has 2 atom stereocenters. The van der Waals surface area contributed by atoms with E-state index in [2.05, 4.69) is 24.5 Å². The van der Waals surface area contributed by atoms with E-state index in [9.17, 15) is 9.59 Å². The number of unbranched alkanes of at least 4 members (excludes halogenated alkanes) is 2. The van der Waals surface area contributed by atoms with Gasteiger partial charge >= 0.3 is 0 Å². The third-order valence-electron chi connectivity index (χ3n) is 3.33. The number of hydrogen-bond donors (Lipinski definition) is 3. The maximum atomic E-state index is 12.1. The highest BCUT2D eigenvalue weighted by molar-refractivity contribution is 5.89. The molecule has 0 aromatic heterocycles. The van der Waals surface area contributed by atoms with E-state index in [1.165, 1.54) is 0 Å². The third kappa shape index (κ3) is 7.48. The summed E-state index contributed by atoms with van der Waals surface area (Å²) in [5, 5.41) is 5.66. The van der Waals surface area contributed by atoms with Gasteiger partial charge in [-0.15, -0.1) is 0 Å². The fraction of sp³-hybridized carbons (Fsp3) is 0.867. The Morgan fingerprint density at radius 3 is 2.15 bits per heavy atom. The summed E-state index contributed by atoms with van der Waals surface area (Å²) in [7, 11) is 0. The van der Waals surface area contributed by atoms with E-state index >= 15 is 0 Å². The van der Waals surface area contributed by atoms with Gasteiger partial charge in [-0.25, -0.2) is 0 Å². The maximum absolute atomic E-state index is 12.1. The van der Waals surface area contributed by atoms with Crippen molar-refractivity contribution < 1.29 is 9.59 Å². The van der Waals surface area contributed by atoms with Crippen LogP contribution < -0.4 is 16.4 Å². The standard InChI is InChI=1S/C15H31N3O2/c1-5-7-9-12(14(19)17-10-8-6-2)18-15(20)13(16)11(3)4/h11-13H,5-10,16H2,1-4H3,(H,17,19)(H,18,20). The lowest BCUT2D eigenvalue weighted by molar-refractivity contribution is -0.130. The number of nitrogens with one attached hydrogen (secondary N) is 2. The maximum Gasteiger partial charge on any atom is 0.242 e. The fourth-order valence-electron chi connectivity index (χ4n) is 1.76. The molecule has 0 rings (SSSR count). The van der Waals surface area contributed by atoms with Gasteiger partial charge in [0.25, 0.3) is 0 Å². The van der Waals surface area contributed by atoms with Gasteiger partial charge in [0, 0.05) is 6.54 Å². The van der Waals surface area contributed by atoms with Crippen LogP contribution in [0.3, 0.4) is 0 Å². The zero-order valence-electron chi connectivity index (χ0n) is 13.4. The average Bonchev–Trinajstić information content (AvgIpc) is 2.42. The highest BCUT2D eigenvalue weighted by Gasteiger charge is 2.24. The molecule has 0 fully saturated rings. The molecule has 5 nitrogen and oxygen atoms in total. The second-order valence-electron chi connectivity index (χ2n) is 5.62. The van der Waals surface area contributed by atoms with Crippen LogP contribution in [0.1, 0.15) is 59.8 Å². The van der Waals surface area contributed by atoms with E-state index in [0.29, 0.717) is 13.0 Å². The van der Waals surface area contributed by atoms with Gasteiger partial charge in [0.15, 0.2) is 0 Å². The minimum atomic E-state index is -0.567. The smallest absolute Gasteiger partial charge is 0.242 e. The molecule has 2 unspecified atom stereocenters. The Morgan fingerprint density at radius 2 is 1.65 bits per heavy atom. The van der Waals surface area contributed by atoms with Gasteiger partial charge in [-0.1, -0.05) is 47.0 Å². The number of nitrogens with two attached hydrogens (primary N) is 1. The topological polar surface area (TPSA) is 84.2 Å². The van der Waals surface area contributed by atoms with Crippen molar-refractivity contribution in [3.63, 3.8) is 0 Å². The Morgan fingerprint density at radius 1 is 1.05 bits per heavy atom. The van der Waals surface area contributed by atoms with Gasteiger partial charge in [0.05, 0.1) is 6.04 Å². The monoisotopic (exact) mass is 285 g/mol. The molecule has 0 aromatic rings. The molecule has 0 saturated heterocycles. The van der Waals surface area contributed by atoms with Crippen LogP contribution in [0.5, 0.6) is 0 Å². The quantitative estimate of drug-likeness (QED) is 0.533. The molecular formula is C15H31N3O2. The second kappa shape index (κ2) is 10.7. The molecule has 118 valence electrons. The van der Waals surface area contributed by atoms with Crippen LogP contribution >= 0.6 is 0 Å². The first kappa shape index (κ1) is 18.9. The predicted molar refractivity (Wildman–Crippen MR) is 82.2 cm³/mol. The lowest BCUT2D eigenvalue weighted by Crippen LogP contribution is -2.53. The summed E-state index contributed by atoms with van der Waals surface area (Å²) in [6.45, 7) is 8.58. The molecule has 0 spiro atoms. The number of carbonyl (C=O) groups excluding carboxylic acids is 2. The molecule has 0 radical (unpaired) electrons. The molecule has 2 amide bonds. The SMILES string of the molecule is CCCCNC(=O)C(CCCC)NC(=O)C(N)C(C)C. The van der Waals surface area contributed by atoms with E-state index in [0.717, 1.165) is 25.7 Å². The Balaban J connectivity index is 4.46. The van der Waals surface area contributed by atoms with Gasteiger partial charge in [-0.2, -0.15) is 0 Å². The lowest BCUT2D eigenvalue weighted by atomic mass is 10.0. The van der Waals surface area contributed by atoms with Crippen LogP contribution in [0.25, 0.3) is 0 Å². The number of hydrogen-bond acceptors (Lipinski definition) is 3. The zero-order chi connectivity index (χ0) is 15.5. The van der Waals surface area contributed by atoms with Gasteiger partial charge in [-0.05, 0) is 18.8 Å². The molecule has 0 aromatic carbocycles. The Bertz CT molecular complexity index is 293. The van der Waals surface area contributed by atoms with Crippen LogP contribution in [0.2, 0.25) is 0 Å². The fourth-order valence-corrected chi connectivity index (χ4v) is 1.76. The van der Waals surface area contributed by atoms with E-state index < -0.39 is 12.1 Å². The highest BCUT2D eigenvalue weighted by atomic mass is 16.2. The summed E-state index contributed by atoms with van der Waals surface area (Å²) in [5.41, 5.74) is 5.82. The van der Waals surface area contributed by atoms with Crippen molar-refractivity contribution in [2.45, 2.75) is 71.9 Å². The van der Waals surface area contributed by atoms with Gasteiger partial charge in [-0.3, -0.25) is 9.59 Å². The van der Waals surface area contributed by atoms with Crippen LogP contribution in [0, 0.1) is 5.92 Å². The molecule has 0 aliphatic rings. The molecule has 0 bridgehead atoms. The second-order valence-corrected chi connectivity index (χ2v) is 5.62. The van der Waals surface area contributed by atoms with Crippen molar-refractivity contribution in [2.75, 3.05) is 6.54 Å². The summed E-state index contributed by atoms with van der Waals surface area (Å²) < 4.78 is 0. The molecule has 0 aliphatic heterocycles. The van der Waals surface area contributed by atoms with Crippen LogP contribution in [0.4, 0.5) is 0 Å². The van der Waals surface area contributed by atoms with Gasteiger partial charge in [0.1, 0.15) is 6.04 Å². The summed E-state index contributed by atoms with van der Waals surface area (Å²) >= 11 is 0. The van der Waals surface area contributed by atoms with Crippen molar-refractivity contribution in [3.8, 4) is 0 Å². The van der Waals surface area contributed by atoms with Crippen molar-refractivity contribution in [1.29, 1.82) is 0 Å². The van der Waals surface area contributed by atoms with E-state index in [1.54, 1.807) is 0 Å². The van der Waals surface area contributed by atoms with Crippen LogP contribution in [0.15, 0.2) is 0 Å². The zero-order valence-corrected chi connectivity index (χ0v) is 13.4. The molecular weight excluding hydrogens is 254 g/mol. The number of rotatable bonds is 10. The molecule has 0 saturated carbocycles. The van der Waals surface area contributed by atoms with E-state index in [4.69, 9.17) is 5.73 Å². The largest absolute Gasteiger partial charge is 0.354 e. The highest BCUT2D eigenvalue weighted by Crippen LogP contribution is 2.04. The molecule has 5 heteroatoms. The molecule has 20 heavy (non-hydrogen) atoms. The first-order chi connectivity index (χ1) is 9.43. The van der Waals surface area contributed by atoms with E-state index in [-0.39, 0.29) is 17.7 Å². The van der Waals surface area contributed by atoms with Crippen molar-refractivity contribution >= 4 is 11.8 Å². The summed E-state index contributed by atoms with van der Waals surface area (Å²) in [4.78, 5) is 24.1. The predicted octanol–water partition coefficient (Wildman–Crippen LogP) is 1.56. The molecule has 0 aliphatic carbocycles. The third-order valence-corrected chi connectivity index (χ3v) is 3.33. The number of amides is 2. The first-order valence-electron chi connectivity index (χ1n) is 7.77. The Hall–Kier alpha value is -1.10. The Kier molecular flexibility index (Phi) is 10.1. The van der Waals surface area contributed by atoms with Crippen molar-refractivity contribution in [2.24, 2.45) is 11.7 Å². The van der Waals surface area contributed by atoms with Crippen molar-refractivity contribution in [1.82, 2.24) is 10.6 Å². The van der Waals surface area contributed by atoms with Crippen molar-refractivity contribution in [3.05, 3.63) is 0 Å². The minimum Gasteiger partial charge on any atom is -0.354 e. The van der Waals surface area contributed by atoms with E-state index in [1.807, 2.05) is 13.8 Å². The number of carbonyl (C=O) groups is 2. The molecule has 0 heterocycles. The average molecular weight is 285 g/mol. The Labute approximate surface area is 123 Å². The lowest BCUT2D eigenvalue weighted by Gasteiger charge is -2.22. The van der Waals surface area contributed by atoms with Crippen LogP contribution in [-0.2, 0) is 9.59 Å². The summed E-state index contributed by atoms with van der Waals surface area (Å²) in [6.07, 6.45) is 4.54. The first-order valence-corrected chi connectivity index (χ1v) is 7.77. The summed E-state index contributed by atoms with van der Waals surface area (Å²) in [6, 6.07) is -1.04. The van der Waals surface area contributed by atoms with Gasteiger partial charge < -0.3 is 16.4 Å². The summed E-state index contributed by atoms with van der Waals surface area (Å²) in [5.74, 6) is -0.284. The van der Waals surface area contributed by atoms with Gasteiger partial charge in [0.2, 0.25) is 11.8 Å².